The average Bonchev–Trinajstić information content (AvgIpc) is 2.42. The summed E-state index contributed by atoms with van der Waals surface area (Å²) in [6.45, 7) is 5.51. The van der Waals surface area contributed by atoms with Crippen LogP contribution in [0.3, 0.4) is 0 Å². The number of carbonyl (C=O) groups is 2. The van der Waals surface area contributed by atoms with E-state index in [0.29, 0.717) is 12.8 Å². The van der Waals surface area contributed by atoms with E-state index in [0.717, 1.165) is 38.8 Å². The molecule has 3 heteroatoms. The molecule has 0 saturated carbocycles. The van der Waals surface area contributed by atoms with E-state index in [1.165, 1.54) is 0 Å². The van der Waals surface area contributed by atoms with Gasteiger partial charge >= 0.3 is 0 Å². The first-order valence-electron chi connectivity index (χ1n) is 6.99. The minimum atomic E-state index is 0.0106. The number of likely N-dealkylation sites (tertiary alicyclic amines) is 1. The molecule has 0 unspecified atom stereocenters. The predicted molar refractivity (Wildman–Crippen MR) is 71.9 cm³/mol. The van der Waals surface area contributed by atoms with Crippen LogP contribution in [0, 0.1) is 17.8 Å². The van der Waals surface area contributed by atoms with Crippen LogP contribution in [0.1, 0.15) is 52.4 Å². The molecule has 1 saturated heterocycles. The van der Waals surface area contributed by atoms with Gasteiger partial charge in [-0.15, -0.1) is 0 Å². The van der Waals surface area contributed by atoms with E-state index in [1.807, 2.05) is 11.8 Å². The molecule has 1 aliphatic rings. The van der Waals surface area contributed by atoms with E-state index in [9.17, 15) is 9.59 Å². The van der Waals surface area contributed by atoms with Crippen LogP contribution < -0.4 is 0 Å². The first kappa shape index (κ1) is 14.8. The van der Waals surface area contributed by atoms with Crippen LogP contribution >= 0.6 is 0 Å². The van der Waals surface area contributed by atoms with Gasteiger partial charge in [-0.2, -0.15) is 0 Å². The maximum Gasteiger partial charge on any atom is 0.222 e. The lowest BCUT2D eigenvalue weighted by molar-refractivity contribution is -0.132. The zero-order valence-corrected chi connectivity index (χ0v) is 11.5. The Morgan fingerprint density at radius 1 is 1.22 bits per heavy atom. The minimum absolute atomic E-state index is 0.0106. The summed E-state index contributed by atoms with van der Waals surface area (Å²) in [5.41, 5.74) is 0. The normalized spacial score (nSPS) is 16.0. The van der Waals surface area contributed by atoms with Crippen LogP contribution in [0.5, 0.6) is 0 Å². The lowest BCUT2D eigenvalue weighted by atomic mass is 9.97. The highest BCUT2D eigenvalue weighted by Gasteiger charge is 2.21. The third kappa shape index (κ3) is 4.91. The predicted octanol–water partition coefficient (Wildman–Crippen LogP) is 2.40. The number of amides is 1. The number of Topliss-reactive ketones (excluding diaryl/α,β-unsaturated/α-hetero) is 1. The first-order valence-corrected chi connectivity index (χ1v) is 6.99. The molecule has 0 N–H and O–H groups in total. The van der Waals surface area contributed by atoms with Crippen LogP contribution in [-0.2, 0) is 9.59 Å². The molecule has 18 heavy (non-hydrogen) atoms. The molecule has 0 aromatic carbocycles. The molecule has 0 bridgehead atoms. The van der Waals surface area contributed by atoms with Crippen molar-refractivity contribution >= 4 is 11.7 Å². The number of hydrogen-bond donors (Lipinski definition) is 0. The van der Waals surface area contributed by atoms with Crippen LogP contribution in [-0.4, -0.2) is 29.7 Å². The van der Waals surface area contributed by atoms with Crippen molar-refractivity contribution in [3.8, 4) is 11.8 Å². The maximum atomic E-state index is 11.8. The smallest absolute Gasteiger partial charge is 0.222 e. The van der Waals surface area contributed by atoms with E-state index in [2.05, 4.69) is 18.8 Å². The Balaban J connectivity index is 2.33. The summed E-state index contributed by atoms with van der Waals surface area (Å²) in [7, 11) is 0. The number of nitrogens with zero attached hydrogens (tertiary/aromatic N) is 1. The van der Waals surface area contributed by atoms with Gasteiger partial charge < -0.3 is 4.90 Å². The number of carbonyl (C=O) groups excluding carboxylic acids is 2. The molecule has 0 spiro atoms. The zero-order valence-electron chi connectivity index (χ0n) is 11.5. The number of unbranched alkanes of at least 4 members (excludes halogenated alkanes) is 1. The number of rotatable bonds is 4. The van der Waals surface area contributed by atoms with E-state index in [1.54, 1.807) is 0 Å². The molecule has 1 heterocycles. The first-order chi connectivity index (χ1) is 8.67. The molecule has 1 rings (SSSR count). The average molecular weight is 249 g/mol. The molecule has 0 aliphatic carbocycles. The maximum absolute atomic E-state index is 11.8. The second kappa shape index (κ2) is 7.92. The molecule has 0 radical (unpaired) electrons. The fraction of sp³-hybridized carbons (Fsp3) is 0.733. The molecule has 0 aromatic rings. The summed E-state index contributed by atoms with van der Waals surface area (Å²) in [5.74, 6) is 6.29. The van der Waals surface area contributed by atoms with Gasteiger partial charge in [0.1, 0.15) is 0 Å². The van der Waals surface area contributed by atoms with Crippen molar-refractivity contribution < 1.29 is 9.59 Å². The summed E-state index contributed by atoms with van der Waals surface area (Å²) in [6, 6.07) is 0. The molecule has 3 nitrogen and oxygen atoms in total. The third-order valence-electron chi connectivity index (χ3n) is 3.33. The topological polar surface area (TPSA) is 37.4 Å². The second-order valence-corrected chi connectivity index (χ2v) is 4.80. The molecule has 1 fully saturated rings. The fourth-order valence-electron chi connectivity index (χ4n) is 2.03. The highest BCUT2D eigenvalue weighted by atomic mass is 16.2. The molecule has 1 aliphatic heterocycles. The van der Waals surface area contributed by atoms with Crippen molar-refractivity contribution in [3.05, 3.63) is 0 Å². The van der Waals surface area contributed by atoms with E-state index >= 15 is 0 Å². The van der Waals surface area contributed by atoms with Gasteiger partial charge in [-0.3, -0.25) is 9.59 Å². The molecule has 0 aromatic heterocycles. The summed E-state index contributed by atoms with van der Waals surface area (Å²) in [5, 5.41) is 0. The number of hydrogen-bond acceptors (Lipinski definition) is 2. The SMILES string of the molecule is CCCCC(=O)N1CCC(C#CC(=O)CC)CC1. The van der Waals surface area contributed by atoms with E-state index < -0.39 is 0 Å². The van der Waals surface area contributed by atoms with Gasteiger partial charge in [0.2, 0.25) is 11.7 Å². The third-order valence-corrected chi connectivity index (χ3v) is 3.33. The summed E-state index contributed by atoms with van der Waals surface area (Å²) >= 11 is 0. The van der Waals surface area contributed by atoms with Crippen molar-refractivity contribution in [3.63, 3.8) is 0 Å². The largest absolute Gasteiger partial charge is 0.343 e. The lowest BCUT2D eigenvalue weighted by Crippen LogP contribution is -2.38. The Morgan fingerprint density at radius 3 is 2.44 bits per heavy atom. The van der Waals surface area contributed by atoms with E-state index in [4.69, 9.17) is 0 Å². The van der Waals surface area contributed by atoms with Crippen molar-refractivity contribution in [2.45, 2.75) is 52.4 Å². The Hall–Kier alpha value is -1.30. The Kier molecular flexibility index (Phi) is 6.49. The van der Waals surface area contributed by atoms with Gasteiger partial charge in [-0.05, 0) is 25.2 Å². The molecule has 100 valence electrons. The quantitative estimate of drug-likeness (QED) is 0.567. The zero-order chi connectivity index (χ0) is 13.4. The summed E-state index contributed by atoms with van der Waals surface area (Å²) < 4.78 is 0. The summed E-state index contributed by atoms with van der Waals surface area (Å²) in [4.78, 5) is 24.9. The number of ketones is 1. The highest BCUT2D eigenvalue weighted by molar-refractivity contribution is 5.95. The highest BCUT2D eigenvalue weighted by Crippen LogP contribution is 2.17. The van der Waals surface area contributed by atoms with Gasteiger partial charge in [-0.1, -0.05) is 26.2 Å². The lowest BCUT2D eigenvalue weighted by Gasteiger charge is -2.29. The fourth-order valence-corrected chi connectivity index (χ4v) is 2.03. The van der Waals surface area contributed by atoms with Crippen LogP contribution in [0.2, 0.25) is 0 Å². The van der Waals surface area contributed by atoms with Gasteiger partial charge in [0.05, 0.1) is 0 Å². The minimum Gasteiger partial charge on any atom is -0.343 e. The molecular weight excluding hydrogens is 226 g/mol. The standard InChI is InChI=1S/C15H23NO2/c1-3-5-6-15(18)16-11-9-13(10-12-16)7-8-14(17)4-2/h13H,3-6,9-12H2,1-2H3. The van der Waals surface area contributed by atoms with Crippen LogP contribution in [0.4, 0.5) is 0 Å². The van der Waals surface area contributed by atoms with Crippen molar-refractivity contribution in [1.82, 2.24) is 4.90 Å². The van der Waals surface area contributed by atoms with Gasteiger partial charge in [-0.25, -0.2) is 0 Å². The van der Waals surface area contributed by atoms with Crippen molar-refractivity contribution in [1.29, 1.82) is 0 Å². The second-order valence-electron chi connectivity index (χ2n) is 4.80. The van der Waals surface area contributed by atoms with Gasteiger partial charge in [0.25, 0.3) is 0 Å². The van der Waals surface area contributed by atoms with Crippen molar-refractivity contribution in [2.75, 3.05) is 13.1 Å². The Morgan fingerprint density at radius 2 is 1.89 bits per heavy atom. The Labute approximate surface area is 110 Å². The van der Waals surface area contributed by atoms with Gasteiger partial charge in [0.15, 0.2) is 0 Å². The number of piperidine rings is 1. The van der Waals surface area contributed by atoms with Crippen LogP contribution in [0.25, 0.3) is 0 Å². The summed E-state index contributed by atoms with van der Waals surface area (Å²) in [6.07, 6.45) is 5.00. The molecule has 1 amide bonds. The Bertz CT molecular complexity index is 343. The molecular formula is C15H23NO2. The van der Waals surface area contributed by atoms with Crippen molar-refractivity contribution in [2.24, 2.45) is 5.92 Å². The monoisotopic (exact) mass is 249 g/mol. The van der Waals surface area contributed by atoms with Gasteiger partial charge in [0, 0.05) is 31.8 Å². The molecule has 0 atom stereocenters. The van der Waals surface area contributed by atoms with E-state index in [-0.39, 0.29) is 17.6 Å². The van der Waals surface area contributed by atoms with Crippen LogP contribution in [0.15, 0.2) is 0 Å².